The molecule has 2 N–H and O–H groups in total. The highest BCUT2D eigenvalue weighted by atomic mass is 16.4. The summed E-state index contributed by atoms with van der Waals surface area (Å²) in [5.74, 6) is 0.610. The smallest absolute Gasteiger partial charge is 0.405 e. The molecule has 1 saturated carbocycles. The molecule has 2 aliphatic rings. The van der Waals surface area contributed by atoms with E-state index in [2.05, 4.69) is 42.8 Å². The van der Waals surface area contributed by atoms with Crippen molar-refractivity contribution in [2.45, 2.75) is 52.5 Å². The first-order valence-electron chi connectivity index (χ1n) is 8.71. The molecule has 128 valence electrons. The van der Waals surface area contributed by atoms with Gasteiger partial charge in [0.2, 0.25) is 0 Å². The lowest BCUT2D eigenvalue weighted by atomic mass is 9.72. The second-order valence-corrected chi connectivity index (χ2v) is 8.11. The van der Waals surface area contributed by atoms with Gasteiger partial charge in [0.05, 0.1) is 0 Å². The van der Waals surface area contributed by atoms with Crippen molar-refractivity contribution in [2.24, 2.45) is 11.3 Å². The third-order valence-electron chi connectivity index (χ3n) is 5.83. The summed E-state index contributed by atoms with van der Waals surface area (Å²) in [6, 6.07) is 0. The lowest BCUT2D eigenvalue weighted by molar-refractivity contribution is 0.104. The molecule has 1 saturated heterocycles. The molecule has 5 heteroatoms. The van der Waals surface area contributed by atoms with E-state index in [1.807, 2.05) is 0 Å². The van der Waals surface area contributed by atoms with Crippen LogP contribution in [0.3, 0.4) is 0 Å². The van der Waals surface area contributed by atoms with E-state index in [0.29, 0.717) is 5.92 Å². The van der Waals surface area contributed by atoms with E-state index in [1.54, 1.807) is 0 Å². The fourth-order valence-electron chi connectivity index (χ4n) is 4.14. The van der Waals surface area contributed by atoms with E-state index in [4.69, 9.17) is 0 Å². The minimum atomic E-state index is -0.882. The maximum absolute atomic E-state index is 11.2. The number of piperazine rings is 1. The van der Waals surface area contributed by atoms with Gasteiger partial charge in [-0.2, -0.15) is 0 Å². The Kier molecular flexibility index (Phi) is 5.38. The predicted octanol–water partition coefficient (Wildman–Crippen LogP) is 2.48. The second-order valence-electron chi connectivity index (χ2n) is 8.11. The highest BCUT2D eigenvalue weighted by Crippen LogP contribution is 2.46. The Bertz CT molecular complexity index is 386. The zero-order valence-electron chi connectivity index (χ0n) is 14.7. The van der Waals surface area contributed by atoms with Crippen molar-refractivity contribution >= 4 is 6.09 Å². The third kappa shape index (κ3) is 3.93. The molecular formula is C17H33N3O2. The van der Waals surface area contributed by atoms with Crippen LogP contribution in [0, 0.1) is 11.3 Å². The quantitative estimate of drug-likeness (QED) is 0.837. The van der Waals surface area contributed by atoms with Crippen LogP contribution in [0.25, 0.3) is 0 Å². The van der Waals surface area contributed by atoms with Crippen LogP contribution in [0.5, 0.6) is 0 Å². The number of rotatable bonds is 4. The Morgan fingerprint density at radius 2 is 1.82 bits per heavy atom. The molecule has 1 amide bonds. The first kappa shape index (κ1) is 17.5. The summed E-state index contributed by atoms with van der Waals surface area (Å²) in [5.41, 5.74) is -0.310. The first-order valence-corrected chi connectivity index (χ1v) is 8.71. The van der Waals surface area contributed by atoms with Crippen molar-refractivity contribution in [3.63, 3.8) is 0 Å². The highest BCUT2D eigenvalue weighted by Gasteiger charge is 2.48. The van der Waals surface area contributed by atoms with Gasteiger partial charge in [-0.3, -0.25) is 0 Å². The van der Waals surface area contributed by atoms with Gasteiger partial charge >= 0.3 is 6.09 Å². The topological polar surface area (TPSA) is 55.8 Å². The maximum Gasteiger partial charge on any atom is 0.405 e. The number of likely N-dealkylation sites (N-methyl/N-ethyl adjacent to an activating group) is 1. The lowest BCUT2D eigenvalue weighted by Gasteiger charge is -2.42. The molecule has 0 aromatic heterocycles. The number of amides is 1. The Morgan fingerprint density at radius 1 is 1.23 bits per heavy atom. The predicted molar refractivity (Wildman–Crippen MR) is 89.2 cm³/mol. The Morgan fingerprint density at radius 3 is 2.32 bits per heavy atom. The van der Waals surface area contributed by atoms with Crippen molar-refractivity contribution in [1.29, 1.82) is 0 Å². The normalized spacial score (nSPS) is 31.4. The molecule has 22 heavy (non-hydrogen) atoms. The number of nitrogens with zero attached hydrogens (tertiary/aromatic N) is 2. The lowest BCUT2D eigenvalue weighted by Crippen LogP contribution is -2.55. The molecule has 2 atom stereocenters. The van der Waals surface area contributed by atoms with E-state index in [9.17, 15) is 9.90 Å². The van der Waals surface area contributed by atoms with Crippen molar-refractivity contribution in [3.05, 3.63) is 0 Å². The fraction of sp³-hybridized carbons (Fsp3) is 0.941. The number of hydrogen-bond acceptors (Lipinski definition) is 3. The average molecular weight is 311 g/mol. The van der Waals surface area contributed by atoms with Crippen LogP contribution in [-0.4, -0.2) is 65.8 Å². The Labute approximate surface area is 135 Å². The number of carboxylic acid groups (broad SMARTS) is 1. The minimum absolute atomic E-state index is 0.0406. The Balaban J connectivity index is 1.92. The molecular weight excluding hydrogens is 278 g/mol. The molecule has 2 fully saturated rings. The highest BCUT2D eigenvalue weighted by molar-refractivity contribution is 5.66. The zero-order valence-corrected chi connectivity index (χ0v) is 14.7. The van der Waals surface area contributed by atoms with Crippen LogP contribution < -0.4 is 5.32 Å². The van der Waals surface area contributed by atoms with Gasteiger partial charge in [-0.25, -0.2) is 4.79 Å². The van der Waals surface area contributed by atoms with Gasteiger partial charge < -0.3 is 20.2 Å². The van der Waals surface area contributed by atoms with E-state index in [0.717, 1.165) is 45.4 Å². The van der Waals surface area contributed by atoms with Gasteiger partial charge in [-0.15, -0.1) is 0 Å². The van der Waals surface area contributed by atoms with Crippen molar-refractivity contribution in [3.8, 4) is 0 Å². The van der Waals surface area contributed by atoms with E-state index in [1.165, 1.54) is 13.1 Å². The molecule has 0 radical (unpaired) electrons. The van der Waals surface area contributed by atoms with E-state index in [-0.39, 0.29) is 11.0 Å². The van der Waals surface area contributed by atoms with Gasteiger partial charge in [0.25, 0.3) is 0 Å². The molecule has 5 nitrogen and oxygen atoms in total. The van der Waals surface area contributed by atoms with E-state index < -0.39 is 6.09 Å². The van der Waals surface area contributed by atoms with Crippen LogP contribution in [-0.2, 0) is 0 Å². The van der Waals surface area contributed by atoms with Gasteiger partial charge in [0.1, 0.15) is 0 Å². The largest absolute Gasteiger partial charge is 0.465 e. The van der Waals surface area contributed by atoms with Crippen molar-refractivity contribution in [1.82, 2.24) is 15.1 Å². The molecule has 2 rings (SSSR count). The summed E-state index contributed by atoms with van der Waals surface area (Å²) in [7, 11) is 0. The fourth-order valence-corrected chi connectivity index (χ4v) is 4.14. The standard InChI is InChI=1S/C17H33N3O2/c1-5-19-8-10-20(11-9-19)13-14-6-7-17(12-14,16(2,3)4)18-15(21)22/h14,18H,5-13H2,1-4H3,(H,21,22)/t14-,17?/m0/s1. The summed E-state index contributed by atoms with van der Waals surface area (Å²) in [5, 5.41) is 12.1. The molecule has 1 unspecified atom stereocenters. The molecule has 1 heterocycles. The number of carbonyl (C=O) groups is 1. The monoisotopic (exact) mass is 311 g/mol. The molecule has 1 aliphatic carbocycles. The third-order valence-corrected chi connectivity index (χ3v) is 5.83. The minimum Gasteiger partial charge on any atom is -0.465 e. The van der Waals surface area contributed by atoms with Crippen LogP contribution in [0.15, 0.2) is 0 Å². The summed E-state index contributed by atoms with van der Waals surface area (Å²) in [6.07, 6.45) is 2.18. The van der Waals surface area contributed by atoms with Crippen LogP contribution in [0.4, 0.5) is 4.79 Å². The van der Waals surface area contributed by atoms with Crippen molar-refractivity contribution < 1.29 is 9.90 Å². The molecule has 0 spiro atoms. The first-order chi connectivity index (χ1) is 10.3. The Hall–Kier alpha value is -0.810. The van der Waals surface area contributed by atoms with Gasteiger partial charge in [-0.1, -0.05) is 27.7 Å². The van der Waals surface area contributed by atoms with Crippen LogP contribution in [0.1, 0.15) is 47.0 Å². The van der Waals surface area contributed by atoms with Crippen molar-refractivity contribution in [2.75, 3.05) is 39.3 Å². The van der Waals surface area contributed by atoms with Gasteiger partial charge in [0.15, 0.2) is 0 Å². The summed E-state index contributed by atoms with van der Waals surface area (Å²) < 4.78 is 0. The van der Waals surface area contributed by atoms with Crippen LogP contribution in [0.2, 0.25) is 0 Å². The number of hydrogen-bond donors (Lipinski definition) is 2. The number of nitrogens with one attached hydrogen (secondary N) is 1. The molecule has 0 aromatic carbocycles. The molecule has 1 aliphatic heterocycles. The average Bonchev–Trinajstić information content (AvgIpc) is 2.82. The summed E-state index contributed by atoms with van der Waals surface area (Å²) in [6.45, 7) is 15.6. The van der Waals surface area contributed by atoms with E-state index >= 15 is 0 Å². The SMILES string of the molecule is CCN1CCN(C[C@H]2CCC(NC(=O)O)(C(C)(C)C)C2)CC1. The van der Waals surface area contributed by atoms with Crippen LogP contribution >= 0.6 is 0 Å². The second kappa shape index (κ2) is 6.75. The summed E-state index contributed by atoms with van der Waals surface area (Å²) in [4.78, 5) is 16.3. The summed E-state index contributed by atoms with van der Waals surface area (Å²) >= 11 is 0. The molecule has 0 bridgehead atoms. The molecule has 0 aromatic rings. The maximum atomic E-state index is 11.2. The van der Waals surface area contributed by atoms with Gasteiger partial charge in [-0.05, 0) is 37.1 Å². The van der Waals surface area contributed by atoms with Gasteiger partial charge in [0, 0.05) is 38.3 Å². The zero-order chi connectivity index (χ0) is 16.4.